The molecule has 0 bridgehead atoms. The zero-order chi connectivity index (χ0) is 20.4. The summed E-state index contributed by atoms with van der Waals surface area (Å²) < 4.78 is 2.56. The maximum atomic E-state index is 5.00. The zero-order valence-electron chi connectivity index (χ0n) is 16.3. The van der Waals surface area contributed by atoms with Crippen molar-refractivity contribution >= 4 is 64.1 Å². The lowest BCUT2D eigenvalue weighted by Crippen LogP contribution is -1.96. The first-order valence-corrected chi connectivity index (χ1v) is 10.9. The van der Waals surface area contributed by atoms with Crippen LogP contribution >= 0.6 is 11.3 Å². The van der Waals surface area contributed by atoms with E-state index in [0.29, 0.717) is 5.82 Å². The van der Waals surface area contributed by atoms with Crippen LogP contribution in [0.1, 0.15) is 0 Å². The molecule has 0 aliphatic carbocycles. The fourth-order valence-corrected chi connectivity index (χ4v) is 5.51. The van der Waals surface area contributed by atoms with Gasteiger partial charge in [0.25, 0.3) is 0 Å². The number of hydrogen-bond donors (Lipinski definition) is 0. The molecule has 3 aromatic heterocycles. The smallest absolute Gasteiger partial charge is 0.182 e. The summed E-state index contributed by atoms with van der Waals surface area (Å²) in [7, 11) is 0. The molecule has 0 spiro atoms. The Morgan fingerprint density at radius 3 is 2.29 bits per heavy atom. The Bertz CT molecular complexity index is 1770. The van der Waals surface area contributed by atoms with E-state index in [9.17, 15) is 0 Å². The van der Waals surface area contributed by atoms with Crippen LogP contribution in [0.4, 0.5) is 0 Å². The predicted molar refractivity (Wildman–Crippen MR) is 128 cm³/mol. The highest BCUT2D eigenvalue weighted by molar-refractivity contribution is 7.25. The van der Waals surface area contributed by atoms with Gasteiger partial charge in [0.2, 0.25) is 0 Å². The van der Waals surface area contributed by atoms with Crippen molar-refractivity contribution in [2.24, 2.45) is 0 Å². The molecule has 144 valence electrons. The monoisotopic (exact) mass is 414 g/mol. The van der Waals surface area contributed by atoms with E-state index in [1.807, 2.05) is 35.7 Å². The summed E-state index contributed by atoms with van der Waals surface area (Å²) in [5.41, 5.74) is 2.65. The van der Waals surface area contributed by atoms with Crippen molar-refractivity contribution in [2.75, 3.05) is 0 Å². The Labute approximate surface area is 180 Å². The first kappa shape index (κ1) is 16.8. The Morgan fingerprint density at radius 2 is 1.35 bits per heavy atom. The van der Waals surface area contributed by atoms with E-state index in [-0.39, 0.29) is 0 Å². The first-order chi connectivity index (χ1) is 15.4. The van der Waals surface area contributed by atoms with Gasteiger partial charge in [-0.15, -0.1) is 21.5 Å². The summed E-state index contributed by atoms with van der Waals surface area (Å²) in [5.74, 6) is 0.642. The van der Waals surface area contributed by atoms with Gasteiger partial charge in [-0.3, -0.25) is 4.98 Å². The average Bonchev–Trinajstić information content (AvgIpc) is 3.22. The van der Waals surface area contributed by atoms with Gasteiger partial charge in [0, 0.05) is 54.3 Å². The SMILES string of the molecule is c1ccc2c(c1)sc1ccc(-c3nnc4c5ccncc5c5ccccc5c4n3)cc12. The van der Waals surface area contributed by atoms with E-state index in [1.165, 1.54) is 20.2 Å². The van der Waals surface area contributed by atoms with E-state index in [1.54, 1.807) is 6.20 Å². The molecule has 0 N–H and O–H groups in total. The second-order valence-electron chi connectivity index (χ2n) is 7.61. The molecule has 7 rings (SSSR count). The highest BCUT2D eigenvalue weighted by Gasteiger charge is 2.14. The largest absolute Gasteiger partial charge is 0.264 e. The number of fused-ring (bicyclic) bond motifs is 9. The molecule has 7 aromatic rings. The van der Waals surface area contributed by atoms with Crippen LogP contribution in [0.3, 0.4) is 0 Å². The number of hydrogen-bond acceptors (Lipinski definition) is 5. The number of thiophene rings is 1. The second-order valence-corrected chi connectivity index (χ2v) is 8.69. The molecule has 0 aliphatic heterocycles. The van der Waals surface area contributed by atoms with Crippen molar-refractivity contribution in [1.29, 1.82) is 0 Å². The molecule has 4 aromatic carbocycles. The third-order valence-corrected chi connectivity index (χ3v) is 7.02. The number of aromatic nitrogens is 4. The molecule has 0 saturated carbocycles. The molecule has 0 unspecified atom stereocenters. The third kappa shape index (κ3) is 2.41. The Morgan fingerprint density at radius 1 is 0.581 bits per heavy atom. The lowest BCUT2D eigenvalue weighted by molar-refractivity contribution is 1.04. The number of benzene rings is 4. The standard InChI is InChI=1S/C26H14N4S/c1-2-7-18-16(5-1)21-14-27-12-11-19(21)25-24(18)28-26(30-29-25)15-9-10-23-20(13-15)17-6-3-4-8-22(17)31-23/h1-14H. The number of rotatable bonds is 1. The van der Waals surface area contributed by atoms with Gasteiger partial charge in [-0.1, -0.05) is 42.5 Å². The molecule has 31 heavy (non-hydrogen) atoms. The third-order valence-electron chi connectivity index (χ3n) is 5.87. The number of pyridine rings is 1. The summed E-state index contributed by atoms with van der Waals surface area (Å²) in [5, 5.41) is 15.9. The topological polar surface area (TPSA) is 51.6 Å². The minimum atomic E-state index is 0.642. The maximum Gasteiger partial charge on any atom is 0.182 e. The van der Waals surface area contributed by atoms with Crippen LogP contribution in [0.15, 0.2) is 85.2 Å². The fourth-order valence-electron chi connectivity index (χ4n) is 4.42. The van der Waals surface area contributed by atoms with Gasteiger partial charge < -0.3 is 0 Å². The number of nitrogens with zero attached hydrogens (tertiary/aromatic N) is 4. The average molecular weight is 414 g/mol. The van der Waals surface area contributed by atoms with Crippen LogP contribution in [0.5, 0.6) is 0 Å². The lowest BCUT2D eigenvalue weighted by Gasteiger charge is -2.09. The maximum absolute atomic E-state index is 5.00. The van der Waals surface area contributed by atoms with Gasteiger partial charge in [-0.2, -0.15) is 0 Å². The van der Waals surface area contributed by atoms with Crippen LogP contribution in [0, 0.1) is 0 Å². The van der Waals surface area contributed by atoms with Gasteiger partial charge >= 0.3 is 0 Å². The highest BCUT2D eigenvalue weighted by Crippen LogP contribution is 2.37. The molecular weight excluding hydrogens is 400 g/mol. The van der Waals surface area contributed by atoms with Crippen molar-refractivity contribution in [3.8, 4) is 11.4 Å². The molecule has 0 radical (unpaired) electrons. The van der Waals surface area contributed by atoms with E-state index in [4.69, 9.17) is 4.98 Å². The van der Waals surface area contributed by atoms with Crippen LogP contribution in [-0.4, -0.2) is 20.2 Å². The minimum absolute atomic E-state index is 0.642. The van der Waals surface area contributed by atoms with E-state index >= 15 is 0 Å². The fraction of sp³-hybridized carbons (Fsp3) is 0. The van der Waals surface area contributed by atoms with Crippen LogP contribution in [-0.2, 0) is 0 Å². The quantitative estimate of drug-likeness (QED) is 0.278. The van der Waals surface area contributed by atoms with Crippen molar-refractivity contribution in [1.82, 2.24) is 20.2 Å². The molecular formula is C26H14N4S. The zero-order valence-corrected chi connectivity index (χ0v) is 17.1. The van der Waals surface area contributed by atoms with Crippen molar-refractivity contribution in [3.63, 3.8) is 0 Å². The van der Waals surface area contributed by atoms with Crippen molar-refractivity contribution < 1.29 is 0 Å². The van der Waals surface area contributed by atoms with Gasteiger partial charge in [-0.25, -0.2) is 4.98 Å². The molecule has 0 fully saturated rings. The van der Waals surface area contributed by atoms with E-state index < -0.39 is 0 Å². The Hall–Kier alpha value is -3.96. The van der Waals surface area contributed by atoms with Gasteiger partial charge in [0.1, 0.15) is 11.0 Å². The Balaban J connectivity index is 1.54. The summed E-state index contributed by atoms with van der Waals surface area (Å²) in [6, 6.07) is 25.2. The summed E-state index contributed by atoms with van der Waals surface area (Å²) >= 11 is 1.81. The second kappa shape index (κ2) is 6.27. The first-order valence-electron chi connectivity index (χ1n) is 10.1. The Kier molecular flexibility index (Phi) is 3.40. The van der Waals surface area contributed by atoms with Gasteiger partial charge in [-0.05, 0) is 35.7 Å². The molecule has 0 saturated heterocycles. The molecule has 0 aliphatic rings. The lowest BCUT2D eigenvalue weighted by atomic mass is 10.0. The van der Waals surface area contributed by atoms with Crippen molar-refractivity contribution in [3.05, 3.63) is 85.2 Å². The summed E-state index contributed by atoms with van der Waals surface area (Å²) in [4.78, 5) is 9.32. The van der Waals surface area contributed by atoms with Gasteiger partial charge in [0.15, 0.2) is 5.82 Å². The molecule has 0 atom stereocenters. The normalized spacial score (nSPS) is 11.9. The van der Waals surface area contributed by atoms with Crippen LogP contribution in [0.25, 0.3) is 64.1 Å². The van der Waals surface area contributed by atoms with E-state index in [2.05, 4.69) is 69.8 Å². The minimum Gasteiger partial charge on any atom is -0.264 e. The highest BCUT2D eigenvalue weighted by atomic mass is 32.1. The van der Waals surface area contributed by atoms with E-state index in [0.717, 1.165) is 38.1 Å². The molecule has 0 amide bonds. The molecule has 4 nitrogen and oxygen atoms in total. The van der Waals surface area contributed by atoms with Gasteiger partial charge in [0.05, 0.1) is 0 Å². The summed E-state index contributed by atoms with van der Waals surface area (Å²) in [6.07, 6.45) is 3.68. The van der Waals surface area contributed by atoms with Crippen LogP contribution < -0.4 is 0 Å². The molecule has 5 heteroatoms. The van der Waals surface area contributed by atoms with Crippen molar-refractivity contribution in [2.45, 2.75) is 0 Å². The molecule has 3 heterocycles. The summed E-state index contributed by atoms with van der Waals surface area (Å²) in [6.45, 7) is 0. The van der Waals surface area contributed by atoms with Crippen LogP contribution in [0.2, 0.25) is 0 Å². The predicted octanol–water partition coefficient (Wildman–Crippen LogP) is 6.76.